The number of methoxy groups -OCH3 is 1. The summed E-state index contributed by atoms with van der Waals surface area (Å²) in [4.78, 5) is 17.2. The fourth-order valence-corrected chi connectivity index (χ4v) is 3.63. The first-order valence-electron chi connectivity index (χ1n) is 8.80. The van der Waals surface area contributed by atoms with Gasteiger partial charge in [0.2, 0.25) is 5.88 Å². The number of ether oxygens (including phenoxy) is 2. The average Bonchev–Trinajstić information content (AvgIpc) is 3.12. The van der Waals surface area contributed by atoms with Gasteiger partial charge in [-0.15, -0.1) is 0 Å². The number of aryl methyl sites for hydroxylation is 2. The van der Waals surface area contributed by atoms with Crippen molar-refractivity contribution in [3.05, 3.63) is 52.7 Å². The van der Waals surface area contributed by atoms with E-state index in [2.05, 4.69) is 16.4 Å². The Balaban J connectivity index is 1.43. The molecule has 0 bridgehead atoms. The molecule has 2 heterocycles. The van der Waals surface area contributed by atoms with Gasteiger partial charge in [0, 0.05) is 18.2 Å². The highest BCUT2D eigenvalue weighted by Gasteiger charge is 2.23. The molecule has 1 aliphatic carbocycles. The molecule has 1 amide bonds. The second kappa shape index (κ2) is 6.75. The van der Waals surface area contributed by atoms with E-state index < -0.39 is 0 Å². The Morgan fingerprint density at radius 2 is 2.20 bits per heavy atom. The topological polar surface area (TPSA) is 60.5 Å². The first-order chi connectivity index (χ1) is 12.2. The Hall–Kier alpha value is -2.56. The molecule has 4 rings (SSSR count). The van der Waals surface area contributed by atoms with Crippen LogP contribution in [0, 0.1) is 5.92 Å². The smallest absolute Gasteiger partial charge is 0.256 e. The van der Waals surface area contributed by atoms with Crippen LogP contribution in [0.3, 0.4) is 0 Å². The predicted molar refractivity (Wildman–Crippen MR) is 94.3 cm³/mol. The summed E-state index contributed by atoms with van der Waals surface area (Å²) < 4.78 is 11.1. The predicted octanol–water partition coefficient (Wildman–Crippen LogP) is 2.56. The van der Waals surface area contributed by atoms with E-state index in [1.807, 2.05) is 24.3 Å². The van der Waals surface area contributed by atoms with Crippen LogP contribution in [0.15, 0.2) is 30.3 Å². The maximum atomic E-state index is 12.6. The molecule has 5 nitrogen and oxygen atoms in total. The zero-order valence-corrected chi connectivity index (χ0v) is 14.4. The Labute approximate surface area is 147 Å². The summed E-state index contributed by atoms with van der Waals surface area (Å²) >= 11 is 0. The molecule has 0 spiro atoms. The number of carbonyl (C=O) groups is 1. The van der Waals surface area contributed by atoms with E-state index in [1.165, 1.54) is 11.1 Å². The molecule has 1 atom stereocenters. The third-order valence-corrected chi connectivity index (χ3v) is 4.96. The normalized spacial score (nSPS) is 18.0. The summed E-state index contributed by atoms with van der Waals surface area (Å²) in [5.41, 5.74) is 3.96. The number of rotatable bonds is 4. The number of carbonyl (C=O) groups excluding carboxylic acids is 1. The van der Waals surface area contributed by atoms with Crippen LogP contribution in [-0.2, 0) is 19.3 Å². The lowest BCUT2D eigenvalue weighted by atomic mass is 9.96. The Morgan fingerprint density at radius 1 is 1.32 bits per heavy atom. The Bertz CT molecular complexity index is 804. The van der Waals surface area contributed by atoms with E-state index >= 15 is 0 Å². The first kappa shape index (κ1) is 15.9. The van der Waals surface area contributed by atoms with Crippen molar-refractivity contribution in [3.63, 3.8) is 0 Å². The lowest BCUT2D eigenvalue weighted by Crippen LogP contribution is -2.35. The van der Waals surface area contributed by atoms with Gasteiger partial charge in [0.15, 0.2) is 0 Å². The van der Waals surface area contributed by atoms with Crippen molar-refractivity contribution in [1.82, 2.24) is 10.3 Å². The summed E-state index contributed by atoms with van der Waals surface area (Å²) in [5.74, 6) is 1.52. The molecule has 25 heavy (non-hydrogen) atoms. The van der Waals surface area contributed by atoms with Gasteiger partial charge in [-0.1, -0.05) is 18.2 Å². The third kappa shape index (κ3) is 3.18. The summed E-state index contributed by atoms with van der Waals surface area (Å²) in [6, 6.07) is 10.0. The Morgan fingerprint density at radius 3 is 3.08 bits per heavy atom. The molecule has 0 saturated heterocycles. The van der Waals surface area contributed by atoms with Crippen molar-refractivity contribution in [1.29, 1.82) is 0 Å². The average molecular weight is 338 g/mol. The molecule has 130 valence electrons. The molecule has 5 heteroatoms. The SMILES string of the molecule is COc1nc2c(cc1C(=O)NC[C@@H]1COc3ccccc3C1)CCC2. The van der Waals surface area contributed by atoms with Gasteiger partial charge in [0.25, 0.3) is 5.91 Å². The number of aromatic nitrogens is 1. The van der Waals surface area contributed by atoms with Crippen LogP contribution in [0.4, 0.5) is 0 Å². The van der Waals surface area contributed by atoms with Crippen molar-refractivity contribution in [3.8, 4) is 11.6 Å². The summed E-state index contributed by atoms with van der Waals surface area (Å²) in [7, 11) is 1.56. The maximum absolute atomic E-state index is 12.6. The lowest BCUT2D eigenvalue weighted by molar-refractivity contribution is 0.0935. The van der Waals surface area contributed by atoms with E-state index in [0.29, 0.717) is 24.6 Å². The number of nitrogens with one attached hydrogen (secondary N) is 1. The van der Waals surface area contributed by atoms with Crippen LogP contribution in [-0.4, -0.2) is 31.2 Å². The molecule has 0 saturated carbocycles. The summed E-state index contributed by atoms with van der Waals surface area (Å²) in [6.45, 7) is 1.20. The number of pyridine rings is 1. The second-order valence-corrected chi connectivity index (χ2v) is 6.70. The minimum Gasteiger partial charge on any atom is -0.493 e. The molecular formula is C20H22N2O3. The third-order valence-electron chi connectivity index (χ3n) is 4.96. The van der Waals surface area contributed by atoms with E-state index in [1.54, 1.807) is 7.11 Å². The van der Waals surface area contributed by atoms with Gasteiger partial charge in [-0.25, -0.2) is 4.98 Å². The van der Waals surface area contributed by atoms with Gasteiger partial charge in [-0.05, 0) is 48.9 Å². The van der Waals surface area contributed by atoms with Gasteiger partial charge in [-0.3, -0.25) is 4.79 Å². The van der Waals surface area contributed by atoms with Crippen LogP contribution >= 0.6 is 0 Å². The summed E-state index contributed by atoms with van der Waals surface area (Å²) in [5, 5.41) is 3.03. The number of hydrogen-bond acceptors (Lipinski definition) is 4. The molecule has 2 aromatic rings. The number of fused-ring (bicyclic) bond motifs is 2. The maximum Gasteiger partial charge on any atom is 0.256 e. The molecule has 1 aromatic carbocycles. The van der Waals surface area contributed by atoms with Crippen molar-refractivity contribution in [2.45, 2.75) is 25.7 Å². The molecule has 1 aliphatic heterocycles. The molecule has 0 fully saturated rings. The van der Waals surface area contributed by atoms with Gasteiger partial charge >= 0.3 is 0 Å². The molecule has 0 unspecified atom stereocenters. The molecule has 1 N–H and O–H groups in total. The van der Waals surface area contributed by atoms with Crippen molar-refractivity contribution >= 4 is 5.91 Å². The standard InChI is InChI=1S/C20H22N2O3/c1-24-20-16(10-14-6-4-7-17(14)22-20)19(23)21-11-13-9-15-5-2-3-8-18(15)25-12-13/h2-3,5,8,10,13H,4,6-7,9,11-12H2,1H3,(H,21,23)/t13-/m1/s1. The van der Waals surface area contributed by atoms with Gasteiger partial charge in [-0.2, -0.15) is 0 Å². The molecule has 2 aliphatic rings. The fraction of sp³-hybridized carbons (Fsp3) is 0.400. The van der Waals surface area contributed by atoms with E-state index in [4.69, 9.17) is 9.47 Å². The van der Waals surface area contributed by atoms with Crippen LogP contribution in [0.2, 0.25) is 0 Å². The Kier molecular flexibility index (Phi) is 4.30. The number of benzene rings is 1. The van der Waals surface area contributed by atoms with Gasteiger partial charge in [0.05, 0.1) is 13.7 Å². The summed E-state index contributed by atoms with van der Waals surface area (Å²) in [6.07, 6.45) is 3.96. The fourth-order valence-electron chi connectivity index (χ4n) is 3.63. The largest absolute Gasteiger partial charge is 0.493 e. The molecule has 1 aromatic heterocycles. The van der Waals surface area contributed by atoms with Crippen molar-refractivity contribution in [2.75, 3.05) is 20.3 Å². The van der Waals surface area contributed by atoms with Crippen LogP contribution in [0.5, 0.6) is 11.6 Å². The van der Waals surface area contributed by atoms with Gasteiger partial charge < -0.3 is 14.8 Å². The molecule has 0 radical (unpaired) electrons. The van der Waals surface area contributed by atoms with Crippen LogP contribution < -0.4 is 14.8 Å². The van der Waals surface area contributed by atoms with Crippen molar-refractivity contribution < 1.29 is 14.3 Å². The quantitative estimate of drug-likeness (QED) is 0.931. The number of para-hydroxylation sites is 1. The highest BCUT2D eigenvalue weighted by Crippen LogP contribution is 2.28. The monoisotopic (exact) mass is 338 g/mol. The van der Waals surface area contributed by atoms with Crippen LogP contribution in [0.25, 0.3) is 0 Å². The highest BCUT2D eigenvalue weighted by atomic mass is 16.5. The van der Waals surface area contributed by atoms with Crippen molar-refractivity contribution in [2.24, 2.45) is 5.92 Å². The minimum absolute atomic E-state index is 0.127. The van der Waals surface area contributed by atoms with E-state index in [-0.39, 0.29) is 11.8 Å². The molecular weight excluding hydrogens is 316 g/mol. The van der Waals surface area contributed by atoms with Crippen LogP contribution in [0.1, 0.15) is 33.6 Å². The minimum atomic E-state index is -0.127. The number of hydrogen-bond donors (Lipinski definition) is 1. The highest BCUT2D eigenvalue weighted by molar-refractivity contribution is 5.96. The number of amides is 1. The first-order valence-corrected chi connectivity index (χ1v) is 8.80. The number of nitrogens with zero attached hydrogens (tertiary/aromatic N) is 1. The second-order valence-electron chi connectivity index (χ2n) is 6.70. The zero-order chi connectivity index (χ0) is 17.2. The van der Waals surface area contributed by atoms with Gasteiger partial charge in [0.1, 0.15) is 11.3 Å². The zero-order valence-electron chi connectivity index (χ0n) is 14.4. The van der Waals surface area contributed by atoms with E-state index in [9.17, 15) is 4.79 Å². The lowest BCUT2D eigenvalue weighted by Gasteiger charge is -2.25. The van der Waals surface area contributed by atoms with E-state index in [0.717, 1.165) is 37.1 Å².